The molecule has 2 rings (SSSR count). The number of non-ortho nitro benzene ring substituents is 1. The Morgan fingerprint density at radius 3 is 2.79 bits per heavy atom. The van der Waals surface area contributed by atoms with Crippen LogP contribution in [-0.2, 0) is 0 Å². The molecule has 2 N–H and O–H groups in total. The standard InChI is InChI=1S/C14H21N3O2/c1-10-6-13(8-14(7-10)17(18)19)16-11(2)4-3-5-12(16)9-15/h6-8,11-12H,3-5,9,15H2,1-2H3. The summed E-state index contributed by atoms with van der Waals surface area (Å²) >= 11 is 0. The Bertz CT molecular complexity index is 476. The molecule has 19 heavy (non-hydrogen) atoms. The predicted molar refractivity (Wildman–Crippen MR) is 76.5 cm³/mol. The molecule has 0 bridgehead atoms. The predicted octanol–water partition coefficient (Wildman–Crippen LogP) is 2.61. The van der Waals surface area contributed by atoms with Crippen LogP contribution in [0.5, 0.6) is 0 Å². The molecule has 5 heteroatoms. The van der Waals surface area contributed by atoms with Crippen molar-refractivity contribution in [2.75, 3.05) is 11.4 Å². The van der Waals surface area contributed by atoms with Gasteiger partial charge in [-0.3, -0.25) is 10.1 Å². The van der Waals surface area contributed by atoms with Gasteiger partial charge in [0.05, 0.1) is 4.92 Å². The number of benzene rings is 1. The first kappa shape index (κ1) is 13.8. The van der Waals surface area contributed by atoms with E-state index in [1.54, 1.807) is 12.1 Å². The highest BCUT2D eigenvalue weighted by atomic mass is 16.6. The van der Waals surface area contributed by atoms with Gasteiger partial charge in [-0.2, -0.15) is 0 Å². The highest BCUT2D eigenvalue weighted by Gasteiger charge is 2.28. The summed E-state index contributed by atoms with van der Waals surface area (Å²) in [6.07, 6.45) is 3.34. The van der Waals surface area contributed by atoms with Gasteiger partial charge in [0.15, 0.2) is 0 Å². The van der Waals surface area contributed by atoms with Crippen LogP contribution in [0.2, 0.25) is 0 Å². The summed E-state index contributed by atoms with van der Waals surface area (Å²) in [5.41, 5.74) is 7.85. The third-order valence-electron chi connectivity index (χ3n) is 3.86. The highest BCUT2D eigenvalue weighted by Crippen LogP contribution is 2.32. The molecule has 1 fully saturated rings. The Balaban J connectivity index is 2.40. The number of rotatable bonds is 3. The number of nitrogens with zero attached hydrogens (tertiary/aromatic N) is 2. The summed E-state index contributed by atoms with van der Waals surface area (Å²) in [6, 6.07) is 5.94. The number of nitro benzene ring substituents is 1. The molecule has 5 nitrogen and oxygen atoms in total. The zero-order valence-electron chi connectivity index (χ0n) is 11.5. The first-order valence-corrected chi connectivity index (χ1v) is 6.77. The van der Waals surface area contributed by atoms with Gasteiger partial charge in [-0.1, -0.05) is 0 Å². The summed E-state index contributed by atoms with van der Waals surface area (Å²) in [6.45, 7) is 4.64. The van der Waals surface area contributed by atoms with Crippen molar-refractivity contribution in [2.24, 2.45) is 5.73 Å². The minimum Gasteiger partial charge on any atom is -0.364 e. The molecule has 0 aromatic heterocycles. The molecule has 104 valence electrons. The van der Waals surface area contributed by atoms with Crippen LogP contribution in [-0.4, -0.2) is 23.6 Å². The van der Waals surface area contributed by atoms with E-state index < -0.39 is 0 Å². The van der Waals surface area contributed by atoms with Crippen LogP contribution < -0.4 is 10.6 Å². The van der Waals surface area contributed by atoms with Gasteiger partial charge < -0.3 is 10.6 Å². The molecule has 0 radical (unpaired) electrons. The van der Waals surface area contributed by atoms with E-state index in [9.17, 15) is 10.1 Å². The van der Waals surface area contributed by atoms with Gasteiger partial charge in [0.2, 0.25) is 0 Å². The molecular weight excluding hydrogens is 242 g/mol. The van der Waals surface area contributed by atoms with E-state index in [1.165, 1.54) is 6.42 Å². The first-order valence-electron chi connectivity index (χ1n) is 6.77. The van der Waals surface area contributed by atoms with Crippen molar-refractivity contribution < 1.29 is 4.92 Å². The summed E-state index contributed by atoms with van der Waals surface area (Å²) in [7, 11) is 0. The number of nitrogens with two attached hydrogens (primary N) is 1. The fourth-order valence-corrected chi connectivity index (χ4v) is 2.98. The lowest BCUT2D eigenvalue weighted by atomic mass is 9.95. The molecule has 2 unspecified atom stereocenters. The van der Waals surface area contributed by atoms with Gasteiger partial charge in [-0.25, -0.2) is 0 Å². The number of nitro groups is 1. The summed E-state index contributed by atoms with van der Waals surface area (Å²) in [5, 5.41) is 11.0. The summed E-state index contributed by atoms with van der Waals surface area (Å²) < 4.78 is 0. The number of aryl methyl sites for hydroxylation is 1. The van der Waals surface area contributed by atoms with E-state index in [-0.39, 0.29) is 16.7 Å². The Labute approximate surface area is 113 Å². The topological polar surface area (TPSA) is 72.4 Å². The van der Waals surface area contributed by atoms with Crippen molar-refractivity contribution in [1.82, 2.24) is 0 Å². The van der Waals surface area contributed by atoms with Crippen LogP contribution in [0.15, 0.2) is 18.2 Å². The SMILES string of the molecule is Cc1cc(N2C(C)CCCC2CN)cc([N+](=O)[O-])c1. The van der Waals surface area contributed by atoms with Gasteiger partial charge >= 0.3 is 0 Å². The minimum atomic E-state index is -0.331. The summed E-state index contributed by atoms with van der Waals surface area (Å²) in [5.74, 6) is 0. The van der Waals surface area contributed by atoms with Crippen LogP contribution in [0.3, 0.4) is 0 Å². The maximum absolute atomic E-state index is 11.0. The first-order chi connectivity index (χ1) is 9.02. The molecule has 1 saturated heterocycles. The Morgan fingerprint density at radius 2 is 2.16 bits per heavy atom. The van der Waals surface area contributed by atoms with Crippen LogP contribution in [0.25, 0.3) is 0 Å². The van der Waals surface area contributed by atoms with E-state index >= 15 is 0 Å². The van der Waals surface area contributed by atoms with Gasteiger partial charge in [0.25, 0.3) is 5.69 Å². The van der Waals surface area contributed by atoms with Gasteiger partial charge in [-0.05, 0) is 44.7 Å². The summed E-state index contributed by atoms with van der Waals surface area (Å²) in [4.78, 5) is 12.9. The third kappa shape index (κ3) is 2.87. The smallest absolute Gasteiger partial charge is 0.271 e. The molecule has 1 aliphatic heterocycles. The molecule has 0 saturated carbocycles. The van der Waals surface area contributed by atoms with E-state index in [0.717, 1.165) is 24.1 Å². The monoisotopic (exact) mass is 263 g/mol. The van der Waals surface area contributed by atoms with E-state index in [0.29, 0.717) is 12.6 Å². The second kappa shape index (κ2) is 5.57. The molecular formula is C14H21N3O2. The zero-order valence-corrected chi connectivity index (χ0v) is 11.5. The quantitative estimate of drug-likeness (QED) is 0.672. The second-order valence-corrected chi connectivity index (χ2v) is 5.36. The van der Waals surface area contributed by atoms with Crippen molar-refractivity contribution in [2.45, 2.75) is 45.2 Å². The van der Waals surface area contributed by atoms with Gasteiger partial charge in [0, 0.05) is 36.4 Å². The average molecular weight is 263 g/mol. The second-order valence-electron chi connectivity index (χ2n) is 5.36. The van der Waals surface area contributed by atoms with Crippen molar-refractivity contribution in [3.8, 4) is 0 Å². The highest BCUT2D eigenvalue weighted by molar-refractivity contribution is 5.57. The lowest BCUT2D eigenvalue weighted by Gasteiger charge is -2.42. The Morgan fingerprint density at radius 1 is 1.42 bits per heavy atom. The van der Waals surface area contributed by atoms with Crippen molar-refractivity contribution in [3.05, 3.63) is 33.9 Å². The molecule has 1 heterocycles. The van der Waals surface area contributed by atoms with Crippen molar-refractivity contribution in [3.63, 3.8) is 0 Å². The van der Waals surface area contributed by atoms with Gasteiger partial charge in [0.1, 0.15) is 0 Å². The molecule has 1 aromatic rings. The molecule has 0 spiro atoms. The third-order valence-corrected chi connectivity index (χ3v) is 3.86. The van der Waals surface area contributed by atoms with Crippen molar-refractivity contribution >= 4 is 11.4 Å². The normalized spacial score (nSPS) is 23.4. The maximum Gasteiger partial charge on any atom is 0.271 e. The van der Waals surface area contributed by atoms with E-state index in [2.05, 4.69) is 11.8 Å². The van der Waals surface area contributed by atoms with E-state index in [1.807, 2.05) is 13.0 Å². The Kier molecular flexibility index (Phi) is 4.04. The maximum atomic E-state index is 11.0. The van der Waals surface area contributed by atoms with E-state index in [4.69, 9.17) is 5.73 Å². The van der Waals surface area contributed by atoms with Crippen LogP contribution >= 0.6 is 0 Å². The number of hydrogen-bond donors (Lipinski definition) is 1. The molecule has 0 aliphatic carbocycles. The van der Waals surface area contributed by atoms with Crippen LogP contribution in [0.4, 0.5) is 11.4 Å². The number of piperidine rings is 1. The lowest BCUT2D eigenvalue weighted by Crippen LogP contribution is -2.49. The lowest BCUT2D eigenvalue weighted by molar-refractivity contribution is -0.384. The molecule has 0 amide bonds. The molecule has 1 aliphatic rings. The fourth-order valence-electron chi connectivity index (χ4n) is 2.98. The van der Waals surface area contributed by atoms with Crippen LogP contribution in [0.1, 0.15) is 31.7 Å². The van der Waals surface area contributed by atoms with Gasteiger partial charge in [-0.15, -0.1) is 0 Å². The number of hydrogen-bond acceptors (Lipinski definition) is 4. The minimum absolute atomic E-state index is 0.156. The average Bonchev–Trinajstić information content (AvgIpc) is 2.37. The largest absolute Gasteiger partial charge is 0.364 e. The molecule has 1 aromatic carbocycles. The zero-order chi connectivity index (χ0) is 14.0. The molecule has 2 atom stereocenters. The fraction of sp³-hybridized carbons (Fsp3) is 0.571. The Hall–Kier alpha value is -1.62. The number of anilines is 1. The van der Waals surface area contributed by atoms with Crippen molar-refractivity contribution in [1.29, 1.82) is 0 Å². The van der Waals surface area contributed by atoms with Crippen LogP contribution in [0, 0.1) is 17.0 Å².